The summed E-state index contributed by atoms with van der Waals surface area (Å²) >= 11 is 0. The number of benzene rings is 2. The fourth-order valence-electron chi connectivity index (χ4n) is 4.80. The zero-order valence-electron chi connectivity index (χ0n) is 22.6. The van der Waals surface area contributed by atoms with E-state index in [0.29, 0.717) is 17.4 Å². The summed E-state index contributed by atoms with van der Waals surface area (Å²) in [4.78, 5) is 23.0. The van der Waals surface area contributed by atoms with Crippen LogP contribution >= 0.6 is 0 Å². The molecule has 1 aliphatic rings. The molecule has 3 N–H and O–H groups in total. The van der Waals surface area contributed by atoms with E-state index in [-0.39, 0.29) is 24.5 Å². The summed E-state index contributed by atoms with van der Waals surface area (Å²) in [5, 5.41) is 20.6. The Bertz CT molecular complexity index is 1150. The maximum absolute atomic E-state index is 12.3. The van der Waals surface area contributed by atoms with Crippen LogP contribution in [0.1, 0.15) is 86.5 Å². The molecule has 2 aromatic rings. The standard InChI is InChI=1S/C31H39NO5/c1-18(2)22-7-9-23(10-8-22)28-20(5)15-26(16-21(28)6)37-29(19(3)4)24-11-13-25(14-12-24)30(34)32-17-27(33)31(35)36/h7-16,18-20,27-29,33H,17H2,1-6H3,(H,32,34)(H,35,36)/t20?,27-,28?,29?/m0/s1. The number of hydrogen-bond donors (Lipinski definition) is 3. The normalized spacial score (nSPS) is 19.2. The van der Waals surface area contributed by atoms with Gasteiger partial charge in [0.15, 0.2) is 6.10 Å². The number of carbonyl (C=O) groups is 2. The van der Waals surface area contributed by atoms with Crippen molar-refractivity contribution in [2.45, 2.75) is 65.6 Å². The fourth-order valence-corrected chi connectivity index (χ4v) is 4.80. The number of carboxylic acid groups (broad SMARTS) is 1. The molecular weight excluding hydrogens is 466 g/mol. The molecule has 1 aliphatic carbocycles. The average Bonchev–Trinajstić information content (AvgIpc) is 2.85. The highest BCUT2D eigenvalue weighted by atomic mass is 16.5. The van der Waals surface area contributed by atoms with Gasteiger partial charge in [0.05, 0.1) is 6.54 Å². The third kappa shape index (κ3) is 7.10. The van der Waals surface area contributed by atoms with Crippen LogP contribution in [-0.2, 0) is 9.53 Å². The second kappa shape index (κ2) is 12.2. The number of aliphatic hydroxyl groups is 1. The van der Waals surface area contributed by atoms with Gasteiger partial charge in [0.1, 0.15) is 11.9 Å². The minimum atomic E-state index is -1.64. The van der Waals surface area contributed by atoms with Crippen LogP contribution in [0.3, 0.4) is 0 Å². The Balaban J connectivity index is 1.71. The van der Waals surface area contributed by atoms with Crippen LogP contribution in [0.4, 0.5) is 0 Å². The molecule has 3 unspecified atom stereocenters. The Morgan fingerprint density at radius 2 is 1.57 bits per heavy atom. The third-order valence-corrected chi connectivity index (χ3v) is 6.89. The maximum atomic E-state index is 12.3. The average molecular weight is 506 g/mol. The number of hydrogen-bond acceptors (Lipinski definition) is 4. The lowest BCUT2D eigenvalue weighted by molar-refractivity contribution is -0.146. The molecule has 0 heterocycles. The molecule has 0 fully saturated rings. The molecule has 6 nitrogen and oxygen atoms in total. The molecule has 1 amide bonds. The first kappa shape index (κ1) is 28.2. The molecule has 37 heavy (non-hydrogen) atoms. The van der Waals surface area contributed by atoms with Gasteiger partial charge in [0.2, 0.25) is 0 Å². The molecule has 0 aliphatic heterocycles. The summed E-state index contributed by atoms with van der Waals surface area (Å²) < 4.78 is 6.51. The topological polar surface area (TPSA) is 95.9 Å². The maximum Gasteiger partial charge on any atom is 0.334 e. The third-order valence-electron chi connectivity index (χ3n) is 6.89. The highest BCUT2D eigenvalue weighted by molar-refractivity contribution is 5.94. The second-order valence-electron chi connectivity index (χ2n) is 10.6. The van der Waals surface area contributed by atoms with Crippen molar-refractivity contribution in [2.75, 3.05) is 6.54 Å². The first-order chi connectivity index (χ1) is 17.5. The van der Waals surface area contributed by atoms with E-state index in [9.17, 15) is 14.7 Å². The first-order valence-corrected chi connectivity index (χ1v) is 12.9. The highest BCUT2D eigenvalue weighted by Crippen LogP contribution is 2.40. The molecule has 0 bridgehead atoms. The van der Waals surface area contributed by atoms with Gasteiger partial charge in [-0.25, -0.2) is 4.79 Å². The number of aliphatic carboxylic acids is 1. The number of carbonyl (C=O) groups excluding carboxylic acids is 1. The van der Waals surface area contributed by atoms with Crippen molar-refractivity contribution in [1.82, 2.24) is 5.32 Å². The SMILES string of the molecule is CC1=CC(OC(c2ccc(C(=O)NC[C@H](O)C(=O)O)cc2)C(C)C)=CC(C)C1c1ccc(C(C)C)cc1. The van der Waals surface area contributed by atoms with E-state index in [4.69, 9.17) is 9.84 Å². The molecule has 0 aromatic heterocycles. The van der Waals surface area contributed by atoms with E-state index in [0.717, 1.165) is 11.3 Å². The van der Waals surface area contributed by atoms with Crippen molar-refractivity contribution >= 4 is 11.9 Å². The van der Waals surface area contributed by atoms with Gasteiger partial charge in [-0.3, -0.25) is 4.79 Å². The van der Waals surface area contributed by atoms with Crippen molar-refractivity contribution in [3.63, 3.8) is 0 Å². The largest absolute Gasteiger partial charge is 0.486 e. The van der Waals surface area contributed by atoms with Gasteiger partial charge in [-0.2, -0.15) is 0 Å². The Kier molecular flexibility index (Phi) is 9.33. The summed E-state index contributed by atoms with van der Waals surface area (Å²) in [6, 6.07) is 16.0. The van der Waals surface area contributed by atoms with E-state index in [1.165, 1.54) is 16.7 Å². The van der Waals surface area contributed by atoms with Crippen LogP contribution in [0.15, 0.2) is 72.0 Å². The number of aliphatic hydroxyl groups excluding tert-OH is 1. The van der Waals surface area contributed by atoms with Crippen LogP contribution in [0, 0.1) is 11.8 Å². The minimum Gasteiger partial charge on any atom is -0.486 e. The number of nitrogens with one attached hydrogen (secondary N) is 1. The van der Waals surface area contributed by atoms with Crippen LogP contribution < -0.4 is 5.32 Å². The number of amides is 1. The fraction of sp³-hybridized carbons (Fsp3) is 0.419. The van der Waals surface area contributed by atoms with Crippen LogP contribution in [0.25, 0.3) is 0 Å². The zero-order chi connectivity index (χ0) is 27.3. The van der Waals surface area contributed by atoms with Gasteiger partial charge in [0, 0.05) is 11.5 Å². The van der Waals surface area contributed by atoms with Gasteiger partial charge in [0.25, 0.3) is 5.91 Å². The van der Waals surface area contributed by atoms with Gasteiger partial charge < -0.3 is 20.3 Å². The lowest BCUT2D eigenvalue weighted by Gasteiger charge is -2.31. The monoisotopic (exact) mass is 505 g/mol. The molecule has 0 saturated heterocycles. The van der Waals surface area contributed by atoms with E-state index >= 15 is 0 Å². The number of ether oxygens (including phenoxy) is 1. The zero-order valence-corrected chi connectivity index (χ0v) is 22.6. The quantitative estimate of drug-likeness (QED) is 0.370. The Morgan fingerprint density at radius 1 is 0.973 bits per heavy atom. The van der Waals surface area contributed by atoms with E-state index < -0.39 is 18.0 Å². The van der Waals surface area contributed by atoms with E-state index in [1.807, 2.05) is 12.1 Å². The smallest absolute Gasteiger partial charge is 0.334 e. The van der Waals surface area contributed by atoms with Gasteiger partial charge in [-0.15, -0.1) is 0 Å². The van der Waals surface area contributed by atoms with E-state index in [1.54, 1.807) is 12.1 Å². The summed E-state index contributed by atoms with van der Waals surface area (Å²) in [5.74, 6) is 0.325. The summed E-state index contributed by atoms with van der Waals surface area (Å²) in [6.07, 6.45) is 2.49. The molecule has 0 radical (unpaired) electrons. The van der Waals surface area contributed by atoms with Crippen LogP contribution in [-0.4, -0.2) is 34.7 Å². The molecule has 4 atom stereocenters. The summed E-state index contributed by atoms with van der Waals surface area (Å²) in [7, 11) is 0. The molecule has 0 saturated carbocycles. The Labute approximate surface area is 220 Å². The number of rotatable bonds is 10. The second-order valence-corrected chi connectivity index (χ2v) is 10.6. The number of allylic oxidation sites excluding steroid dienone is 3. The predicted octanol–water partition coefficient (Wildman–Crippen LogP) is 5.96. The van der Waals surface area contributed by atoms with Crippen molar-refractivity contribution in [3.05, 3.63) is 94.3 Å². The van der Waals surface area contributed by atoms with Crippen LogP contribution in [0.2, 0.25) is 0 Å². The summed E-state index contributed by atoms with van der Waals surface area (Å²) in [6.45, 7) is 12.6. The first-order valence-electron chi connectivity index (χ1n) is 12.9. The molecule has 2 aromatic carbocycles. The van der Waals surface area contributed by atoms with Gasteiger partial charge >= 0.3 is 5.97 Å². The number of carboxylic acids is 1. The molecule has 0 spiro atoms. The van der Waals surface area contributed by atoms with Gasteiger partial charge in [-0.05, 0) is 65.7 Å². The lowest BCUT2D eigenvalue weighted by atomic mass is 9.78. The van der Waals surface area contributed by atoms with E-state index in [2.05, 4.69) is 83.3 Å². The van der Waals surface area contributed by atoms with Crippen LogP contribution in [0.5, 0.6) is 0 Å². The van der Waals surface area contributed by atoms with Crippen molar-refractivity contribution in [1.29, 1.82) is 0 Å². The predicted molar refractivity (Wildman–Crippen MR) is 145 cm³/mol. The highest BCUT2D eigenvalue weighted by Gasteiger charge is 2.27. The molecule has 6 heteroatoms. The molecule has 198 valence electrons. The lowest BCUT2D eigenvalue weighted by Crippen LogP contribution is -2.36. The Hall–Kier alpha value is -3.38. The van der Waals surface area contributed by atoms with Crippen molar-refractivity contribution in [2.24, 2.45) is 11.8 Å². The minimum absolute atomic E-state index is 0.191. The van der Waals surface area contributed by atoms with Gasteiger partial charge in [-0.1, -0.05) is 76.6 Å². The molecular formula is C31H39NO5. The Morgan fingerprint density at radius 3 is 2.08 bits per heavy atom. The summed E-state index contributed by atoms with van der Waals surface area (Å²) in [5.41, 5.74) is 5.25. The van der Waals surface area contributed by atoms with Crippen molar-refractivity contribution < 1.29 is 24.5 Å². The van der Waals surface area contributed by atoms with Crippen molar-refractivity contribution in [3.8, 4) is 0 Å². The molecule has 3 rings (SSSR count).